The van der Waals surface area contributed by atoms with Gasteiger partial charge in [0.1, 0.15) is 0 Å². The monoisotopic (exact) mass is 155 g/mol. The van der Waals surface area contributed by atoms with Gasteiger partial charge in [-0.25, -0.2) is 0 Å². The predicted molar refractivity (Wildman–Crippen MR) is 48.2 cm³/mol. The predicted octanol–water partition coefficient (Wildman–Crippen LogP) is 1.22. The molecule has 11 heavy (non-hydrogen) atoms. The van der Waals surface area contributed by atoms with E-state index in [0.717, 1.165) is 12.0 Å². The highest BCUT2D eigenvalue weighted by Crippen LogP contribution is 2.04. The van der Waals surface area contributed by atoms with Gasteiger partial charge in [-0.05, 0) is 12.8 Å². The van der Waals surface area contributed by atoms with E-state index < -0.39 is 6.10 Å². The summed E-state index contributed by atoms with van der Waals surface area (Å²) in [6, 6.07) is 0. The Labute approximate surface area is 68.4 Å². The molecule has 64 valence electrons. The standard InChI is InChI=1S/C9H17NO/c1-3-8(4-2)5-6-9(11)7-10/h3,5,9,11H,1,4,6-7,10H2,2H3/b8-5+/t9-/m1/s1. The van der Waals surface area contributed by atoms with Gasteiger partial charge in [-0.15, -0.1) is 0 Å². The van der Waals surface area contributed by atoms with Crippen LogP contribution in [0, 0.1) is 0 Å². The SMILES string of the molecule is C=C/C(=C\C[C@@H](O)CN)CC. The van der Waals surface area contributed by atoms with E-state index in [1.165, 1.54) is 0 Å². The highest BCUT2D eigenvalue weighted by Gasteiger charge is 1.96. The number of aliphatic hydroxyl groups excluding tert-OH is 1. The minimum Gasteiger partial charge on any atom is -0.391 e. The van der Waals surface area contributed by atoms with Gasteiger partial charge in [0.2, 0.25) is 0 Å². The van der Waals surface area contributed by atoms with E-state index in [4.69, 9.17) is 10.8 Å². The number of hydrogen-bond donors (Lipinski definition) is 2. The second-order valence-electron chi connectivity index (χ2n) is 2.46. The molecule has 3 N–H and O–H groups in total. The van der Waals surface area contributed by atoms with Crippen molar-refractivity contribution in [3.05, 3.63) is 24.3 Å². The fourth-order valence-electron chi connectivity index (χ4n) is 0.756. The Balaban J connectivity index is 3.77. The number of nitrogens with two attached hydrogens (primary N) is 1. The number of aliphatic hydroxyl groups is 1. The molecule has 1 atom stereocenters. The Hall–Kier alpha value is -0.600. The van der Waals surface area contributed by atoms with Gasteiger partial charge in [-0.2, -0.15) is 0 Å². The first-order chi connectivity index (χ1) is 5.24. The van der Waals surface area contributed by atoms with Gasteiger partial charge in [0.25, 0.3) is 0 Å². The summed E-state index contributed by atoms with van der Waals surface area (Å²) < 4.78 is 0. The first kappa shape index (κ1) is 10.4. The molecule has 0 aromatic heterocycles. The van der Waals surface area contributed by atoms with Crippen LogP contribution >= 0.6 is 0 Å². The van der Waals surface area contributed by atoms with Gasteiger partial charge in [-0.3, -0.25) is 0 Å². The maximum Gasteiger partial charge on any atom is 0.0696 e. The molecular formula is C9H17NO. The van der Waals surface area contributed by atoms with Crippen LogP contribution in [0.25, 0.3) is 0 Å². The van der Waals surface area contributed by atoms with E-state index in [2.05, 4.69) is 13.5 Å². The van der Waals surface area contributed by atoms with E-state index in [-0.39, 0.29) is 0 Å². The van der Waals surface area contributed by atoms with E-state index >= 15 is 0 Å². The zero-order valence-corrected chi connectivity index (χ0v) is 7.09. The molecule has 0 aromatic carbocycles. The Morgan fingerprint density at radius 3 is 2.73 bits per heavy atom. The van der Waals surface area contributed by atoms with Crippen molar-refractivity contribution in [2.75, 3.05) is 6.54 Å². The zero-order chi connectivity index (χ0) is 8.69. The highest BCUT2D eigenvalue weighted by atomic mass is 16.3. The molecule has 2 nitrogen and oxygen atoms in total. The third-order valence-corrected chi connectivity index (χ3v) is 1.59. The molecular weight excluding hydrogens is 138 g/mol. The number of allylic oxidation sites excluding steroid dienone is 2. The van der Waals surface area contributed by atoms with Crippen LogP contribution in [-0.2, 0) is 0 Å². The second kappa shape index (κ2) is 6.13. The Bertz CT molecular complexity index is 140. The molecule has 0 unspecified atom stereocenters. The van der Waals surface area contributed by atoms with Crippen LogP contribution in [0.5, 0.6) is 0 Å². The molecule has 0 fully saturated rings. The lowest BCUT2D eigenvalue weighted by molar-refractivity contribution is 0.186. The molecule has 0 rings (SSSR count). The van der Waals surface area contributed by atoms with Crippen LogP contribution in [0.4, 0.5) is 0 Å². The topological polar surface area (TPSA) is 46.2 Å². The lowest BCUT2D eigenvalue weighted by Crippen LogP contribution is -2.18. The summed E-state index contributed by atoms with van der Waals surface area (Å²) >= 11 is 0. The van der Waals surface area contributed by atoms with E-state index in [0.29, 0.717) is 13.0 Å². The molecule has 0 radical (unpaired) electrons. The molecule has 0 heterocycles. The van der Waals surface area contributed by atoms with Crippen molar-refractivity contribution in [3.63, 3.8) is 0 Å². The first-order valence-corrected chi connectivity index (χ1v) is 3.94. The summed E-state index contributed by atoms with van der Waals surface area (Å²) in [5.74, 6) is 0. The maximum absolute atomic E-state index is 9.09. The normalized spacial score (nSPS) is 14.6. The summed E-state index contributed by atoms with van der Waals surface area (Å²) in [6.45, 7) is 6.04. The Kier molecular flexibility index (Phi) is 5.80. The minimum absolute atomic E-state index is 0.324. The molecule has 0 amide bonds. The van der Waals surface area contributed by atoms with Crippen molar-refractivity contribution in [3.8, 4) is 0 Å². The van der Waals surface area contributed by atoms with Crippen molar-refractivity contribution < 1.29 is 5.11 Å². The molecule has 0 bridgehead atoms. The minimum atomic E-state index is -0.406. The highest BCUT2D eigenvalue weighted by molar-refractivity contribution is 5.15. The van der Waals surface area contributed by atoms with Crippen LogP contribution < -0.4 is 5.73 Å². The average Bonchev–Trinajstić information content (AvgIpc) is 2.06. The summed E-state index contributed by atoms with van der Waals surface area (Å²) in [6.07, 6.45) is 4.97. The van der Waals surface area contributed by atoms with Gasteiger partial charge >= 0.3 is 0 Å². The van der Waals surface area contributed by atoms with Crippen molar-refractivity contribution >= 4 is 0 Å². The van der Waals surface area contributed by atoms with Gasteiger partial charge in [0.05, 0.1) is 6.10 Å². The van der Waals surface area contributed by atoms with Crippen molar-refractivity contribution in [2.24, 2.45) is 5.73 Å². The third kappa shape index (κ3) is 4.76. The summed E-state index contributed by atoms with van der Waals surface area (Å²) in [7, 11) is 0. The quantitative estimate of drug-likeness (QED) is 0.586. The van der Waals surface area contributed by atoms with Crippen LogP contribution in [0.15, 0.2) is 24.3 Å². The molecule has 0 aromatic rings. The fourth-order valence-corrected chi connectivity index (χ4v) is 0.756. The van der Waals surface area contributed by atoms with Crippen LogP contribution in [0.2, 0.25) is 0 Å². The second-order valence-corrected chi connectivity index (χ2v) is 2.46. The van der Waals surface area contributed by atoms with Gasteiger partial charge < -0.3 is 10.8 Å². The van der Waals surface area contributed by atoms with Crippen molar-refractivity contribution in [1.29, 1.82) is 0 Å². The number of rotatable bonds is 5. The van der Waals surface area contributed by atoms with Crippen LogP contribution in [0.3, 0.4) is 0 Å². The third-order valence-electron chi connectivity index (χ3n) is 1.59. The zero-order valence-electron chi connectivity index (χ0n) is 7.09. The first-order valence-electron chi connectivity index (χ1n) is 3.94. The molecule has 0 aliphatic rings. The lowest BCUT2D eigenvalue weighted by Gasteiger charge is -2.03. The van der Waals surface area contributed by atoms with E-state index in [9.17, 15) is 0 Å². The smallest absolute Gasteiger partial charge is 0.0696 e. The van der Waals surface area contributed by atoms with Crippen molar-refractivity contribution in [2.45, 2.75) is 25.9 Å². The largest absolute Gasteiger partial charge is 0.391 e. The maximum atomic E-state index is 9.09. The van der Waals surface area contributed by atoms with E-state index in [1.807, 2.05) is 12.2 Å². The number of hydrogen-bond acceptors (Lipinski definition) is 2. The Morgan fingerprint density at radius 2 is 2.36 bits per heavy atom. The van der Waals surface area contributed by atoms with Crippen LogP contribution in [-0.4, -0.2) is 17.8 Å². The molecule has 0 aliphatic carbocycles. The average molecular weight is 155 g/mol. The lowest BCUT2D eigenvalue weighted by atomic mass is 10.1. The molecule has 0 spiro atoms. The Morgan fingerprint density at radius 1 is 1.73 bits per heavy atom. The fraction of sp³-hybridized carbons (Fsp3) is 0.556. The van der Waals surface area contributed by atoms with E-state index in [1.54, 1.807) is 0 Å². The molecule has 0 saturated heterocycles. The molecule has 2 heteroatoms. The summed E-state index contributed by atoms with van der Waals surface area (Å²) in [4.78, 5) is 0. The van der Waals surface area contributed by atoms with Crippen LogP contribution in [0.1, 0.15) is 19.8 Å². The molecule has 0 saturated carbocycles. The van der Waals surface area contributed by atoms with Gasteiger partial charge in [0.15, 0.2) is 0 Å². The van der Waals surface area contributed by atoms with Gasteiger partial charge in [-0.1, -0.05) is 31.2 Å². The summed E-state index contributed by atoms with van der Waals surface area (Å²) in [5.41, 5.74) is 6.40. The van der Waals surface area contributed by atoms with Gasteiger partial charge in [0, 0.05) is 6.54 Å². The van der Waals surface area contributed by atoms with Crippen molar-refractivity contribution in [1.82, 2.24) is 0 Å². The molecule has 0 aliphatic heterocycles. The summed E-state index contributed by atoms with van der Waals surface area (Å²) in [5, 5.41) is 9.09.